The number of carbonyl (C=O) groups excluding carboxylic acids is 1. The Morgan fingerprint density at radius 1 is 0.793 bits per heavy atom. The average Bonchev–Trinajstić information content (AvgIpc) is 2.74. The first-order valence-corrected chi connectivity index (χ1v) is 11.6. The summed E-state index contributed by atoms with van der Waals surface area (Å²) in [5.41, 5.74) is 0. The van der Waals surface area contributed by atoms with Crippen molar-refractivity contribution >= 4 is 16.7 Å². The summed E-state index contributed by atoms with van der Waals surface area (Å²) in [6.07, 6.45) is 12.9. The van der Waals surface area contributed by atoms with Gasteiger partial charge in [-0.1, -0.05) is 101 Å². The maximum absolute atomic E-state index is 12.4. The molecular weight excluding hydrogens is 360 g/mol. The van der Waals surface area contributed by atoms with Gasteiger partial charge in [-0.3, -0.25) is 0 Å². The predicted octanol–water partition coefficient (Wildman–Crippen LogP) is 7.46. The fraction of sp³-hybridized carbons (Fsp3) is 0.577. The molecule has 0 aliphatic rings. The maximum atomic E-state index is 12.4. The van der Waals surface area contributed by atoms with E-state index in [1.807, 2.05) is 37.3 Å². The first kappa shape index (κ1) is 23.3. The Bertz CT molecular complexity index is 705. The SMILES string of the molecule is CCCCCCCCCCCCC(Oc1cccc2ccccc12)C(=O)OCC. The first-order valence-electron chi connectivity index (χ1n) is 11.6. The normalized spacial score (nSPS) is 12.1. The molecule has 0 heterocycles. The lowest BCUT2D eigenvalue weighted by molar-refractivity contribution is -0.151. The highest BCUT2D eigenvalue weighted by Crippen LogP contribution is 2.27. The van der Waals surface area contributed by atoms with E-state index in [4.69, 9.17) is 9.47 Å². The van der Waals surface area contributed by atoms with Crippen LogP contribution >= 0.6 is 0 Å². The Balaban J connectivity index is 1.79. The second kappa shape index (κ2) is 14.0. The molecule has 0 saturated heterocycles. The lowest BCUT2D eigenvalue weighted by Gasteiger charge is -2.19. The monoisotopic (exact) mass is 398 g/mol. The zero-order valence-corrected chi connectivity index (χ0v) is 18.3. The second-order valence-corrected chi connectivity index (χ2v) is 7.81. The number of unbranched alkanes of at least 4 members (excludes halogenated alkanes) is 9. The number of ether oxygens (including phenoxy) is 2. The third-order valence-corrected chi connectivity index (χ3v) is 5.39. The van der Waals surface area contributed by atoms with Crippen LogP contribution in [0.25, 0.3) is 10.8 Å². The van der Waals surface area contributed by atoms with Crippen molar-refractivity contribution in [1.82, 2.24) is 0 Å². The van der Waals surface area contributed by atoms with E-state index in [-0.39, 0.29) is 5.97 Å². The number of hydrogen-bond donors (Lipinski definition) is 0. The summed E-state index contributed by atoms with van der Waals surface area (Å²) in [6, 6.07) is 14.1. The molecule has 0 aliphatic heterocycles. The van der Waals surface area contributed by atoms with E-state index in [1.54, 1.807) is 0 Å². The molecule has 0 bridgehead atoms. The van der Waals surface area contributed by atoms with Gasteiger partial charge in [-0.2, -0.15) is 0 Å². The van der Waals surface area contributed by atoms with Crippen molar-refractivity contribution in [2.75, 3.05) is 6.61 Å². The zero-order chi connectivity index (χ0) is 20.7. The Morgan fingerprint density at radius 2 is 1.41 bits per heavy atom. The van der Waals surface area contributed by atoms with Crippen molar-refractivity contribution in [3.05, 3.63) is 42.5 Å². The third-order valence-electron chi connectivity index (χ3n) is 5.39. The van der Waals surface area contributed by atoms with Crippen LogP contribution in [0.5, 0.6) is 5.75 Å². The summed E-state index contributed by atoms with van der Waals surface area (Å²) < 4.78 is 11.4. The van der Waals surface area contributed by atoms with E-state index in [9.17, 15) is 4.79 Å². The molecule has 0 aromatic heterocycles. The van der Waals surface area contributed by atoms with Gasteiger partial charge in [0, 0.05) is 5.39 Å². The average molecular weight is 399 g/mol. The molecule has 0 aliphatic carbocycles. The van der Waals surface area contributed by atoms with Gasteiger partial charge in [-0.05, 0) is 31.2 Å². The molecule has 0 saturated carbocycles. The minimum atomic E-state index is -0.533. The molecule has 0 spiro atoms. The molecule has 0 radical (unpaired) electrons. The standard InChI is InChI=1S/C26H38O3/c1-3-5-6-7-8-9-10-11-12-13-20-25(26(27)28-4-2)29-24-21-16-18-22-17-14-15-19-23(22)24/h14-19,21,25H,3-13,20H2,1-2H3. The molecule has 160 valence electrons. The number of rotatable bonds is 15. The Hall–Kier alpha value is -2.03. The summed E-state index contributed by atoms with van der Waals surface area (Å²) in [7, 11) is 0. The molecule has 3 nitrogen and oxygen atoms in total. The minimum absolute atomic E-state index is 0.253. The summed E-state index contributed by atoms with van der Waals surface area (Å²) in [5, 5.41) is 2.15. The third kappa shape index (κ3) is 8.47. The minimum Gasteiger partial charge on any atom is -0.478 e. The van der Waals surface area contributed by atoms with Gasteiger partial charge in [0.15, 0.2) is 6.10 Å². The van der Waals surface area contributed by atoms with E-state index in [2.05, 4.69) is 19.1 Å². The van der Waals surface area contributed by atoms with Crippen LogP contribution in [-0.4, -0.2) is 18.7 Å². The van der Waals surface area contributed by atoms with Gasteiger partial charge in [0.1, 0.15) is 5.75 Å². The van der Waals surface area contributed by atoms with Crippen LogP contribution in [0.1, 0.15) is 84.5 Å². The van der Waals surface area contributed by atoms with E-state index < -0.39 is 6.10 Å². The molecule has 0 fully saturated rings. The molecule has 1 atom stereocenters. The van der Waals surface area contributed by atoms with Crippen molar-refractivity contribution in [3.63, 3.8) is 0 Å². The van der Waals surface area contributed by atoms with Gasteiger partial charge in [0.25, 0.3) is 0 Å². The maximum Gasteiger partial charge on any atom is 0.347 e. The van der Waals surface area contributed by atoms with Crippen molar-refractivity contribution in [1.29, 1.82) is 0 Å². The predicted molar refractivity (Wildman–Crippen MR) is 121 cm³/mol. The molecule has 1 unspecified atom stereocenters. The quantitative estimate of drug-likeness (QED) is 0.231. The molecule has 0 N–H and O–H groups in total. The first-order chi connectivity index (χ1) is 14.3. The van der Waals surface area contributed by atoms with E-state index >= 15 is 0 Å². The fourth-order valence-corrected chi connectivity index (χ4v) is 3.73. The number of benzene rings is 2. The Morgan fingerprint density at radius 3 is 2.10 bits per heavy atom. The Labute approximate surface area is 176 Å². The van der Waals surface area contributed by atoms with Crippen molar-refractivity contribution in [2.45, 2.75) is 90.6 Å². The molecule has 29 heavy (non-hydrogen) atoms. The van der Waals surface area contributed by atoms with Crippen LogP contribution in [0.3, 0.4) is 0 Å². The topological polar surface area (TPSA) is 35.5 Å². The van der Waals surface area contributed by atoms with Gasteiger partial charge in [-0.25, -0.2) is 4.79 Å². The molecule has 2 aromatic carbocycles. The largest absolute Gasteiger partial charge is 0.478 e. The fourth-order valence-electron chi connectivity index (χ4n) is 3.73. The van der Waals surface area contributed by atoms with Crippen LogP contribution in [-0.2, 0) is 9.53 Å². The van der Waals surface area contributed by atoms with Crippen molar-refractivity contribution in [3.8, 4) is 5.75 Å². The summed E-state index contributed by atoms with van der Waals surface area (Å²) in [5.74, 6) is 0.504. The molecule has 3 heteroatoms. The summed E-state index contributed by atoms with van der Waals surface area (Å²) in [6.45, 7) is 4.48. The van der Waals surface area contributed by atoms with Crippen LogP contribution in [0.4, 0.5) is 0 Å². The highest BCUT2D eigenvalue weighted by molar-refractivity contribution is 5.88. The van der Waals surface area contributed by atoms with Crippen LogP contribution < -0.4 is 4.74 Å². The van der Waals surface area contributed by atoms with Gasteiger partial charge in [-0.15, -0.1) is 0 Å². The van der Waals surface area contributed by atoms with Gasteiger partial charge < -0.3 is 9.47 Å². The number of hydrogen-bond acceptors (Lipinski definition) is 3. The van der Waals surface area contributed by atoms with Crippen LogP contribution in [0, 0.1) is 0 Å². The van der Waals surface area contributed by atoms with Crippen LogP contribution in [0.15, 0.2) is 42.5 Å². The highest BCUT2D eigenvalue weighted by atomic mass is 16.6. The van der Waals surface area contributed by atoms with Crippen molar-refractivity contribution < 1.29 is 14.3 Å². The molecule has 0 amide bonds. The number of esters is 1. The van der Waals surface area contributed by atoms with Crippen LogP contribution in [0.2, 0.25) is 0 Å². The molecule has 2 aromatic rings. The van der Waals surface area contributed by atoms with E-state index in [0.717, 1.165) is 29.4 Å². The van der Waals surface area contributed by atoms with Gasteiger partial charge in [0.2, 0.25) is 0 Å². The lowest BCUT2D eigenvalue weighted by Crippen LogP contribution is -2.29. The smallest absolute Gasteiger partial charge is 0.347 e. The summed E-state index contributed by atoms with van der Waals surface area (Å²) >= 11 is 0. The van der Waals surface area contributed by atoms with Gasteiger partial charge in [0.05, 0.1) is 6.61 Å². The van der Waals surface area contributed by atoms with E-state index in [0.29, 0.717) is 13.0 Å². The molecular formula is C26H38O3. The zero-order valence-electron chi connectivity index (χ0n) is 18.3. The second-order valence-electron chi connectivity index (χ2n) is 7.81. The number of fused-ring (bicyclic) bond motifs is 1. The summed E-state index contributed by atoms with van der Waals surface area (Å²) in [4.78, 5) is 12.4. The highest BCUT2D eigenvalue weighted by Gasteiger charge is 2.22. The lowest BCUT2D eigenvalue weighted by atomic mass is 10.0. The molecule has 2 rings (SSSR count). The number of carbonyl (C=O) groups is 1. The van der Waals surface area contributed by atoms with Crippen molar-refractivity contribution in [2.24, 2.45) is 0 Å². The van der Waals surface area contributed by atoms with Gasteiger partial charge >= 0.3 is 5.97 Å². The van der Waals surface area contributed by atoms with E-state index in [1.165, 1.54) is 51.4 Å². The Kier molecular flexibility index (Phi) is 11.3.